The molecule has 7 nitrogen and oxygen atoms in total. The molecule has 7 heteroatoms. The summed E-state index contributed by atoms with van der Waals surface area (Å²) in [5.74, 6) is 0. The average Bonchev–Trinajstić information content (AvgIpc) is 3.03. The zero-order chi connectivity index (χ0) is 19.5. The third kappa shape index (κ3) is 4.82. The molecule has 2 N–H and O–H groups in total. The smallest absolute Gasteiger partial charge is 0.412 e. The van der Waals surface area contributed by atoms with Crippen LogP contribution in [0.1, 0.15) is 58.9 Å². The van der Waals surface area contributed by atoms with Crippen molar-refractivity contribution in [3.63, 3.8) is 0 Å². The predicted octanol–water partition coefficient (Wildman–Crippen LogP) is 3.66. The number of rotatable bonds is 5. The molecule has 142 valence electrons. The van der Waals surface area contributed by atoms with Crippen LogP contribution in [-0.2, 0) is 16.7 Å². The molecule has 1 amide bonds. The van der Waals surface area contributed by atoms with Crippen LogP contribution >= 0.6 is 0 Å². The summed E-state index contributed by atoms with van der Waals surface area (Å²) in [6, 6.07) is 3.39. The van der Waals surface area contributed by atoms with Gasteiger partial charge < -0.3 is 9.84 Å². The van der Waals surface area contributed by atoms with Gasteiger partial charge in [-0.25, -0.2) is 4.79 Å². The van der Waals surface area contributed by atoms with Crippen molar-refractivity contribution >= 4 is 11.8 Å². The van der Waals surface area contributed by atoms with Gasteiger partial charge in [-0.1, -0.05) is 13.8 Å². The molecular weight excluding hydrogens is 332 g/mol. The molecule has 0 aliphatic carbocycles. The Kier molecular flexibility index (Phi) is 5.71. The van der Waals surface area contributed by atoms with Gasteiger partial charge in [-0.05, 0) is 45.4 Å². The fourth-order valence-electron chi connectivity index (χ4n) is 2.46. The second-order valence-corrected chi connectivity index (χ2v) is 7.81. The van der Waals surface area contributed by atoms with Crippen LogP contribution in [-0.4, -0.2) is 31.6 Å². The van der Waals surface area contributed by atoms with Crippen LogP contribution in [0.15, 0.2) is 30.7 Å². The highest BCUT2D eigenvalue weighted by Crippen LogP contribution is 2.36. The summed E-state index contributed by atoms with van der Waals surface area (Å²) < 4.78 is 7.03. The zero-order valence-electron chi connectivity index (χ0n) is 16.3. The van der Waals surface area contributed by atoms with Crippen molar-refractivity contribution < 1.29 is 14.6 Å². The van der Waals surface area contributed by atoms with Crippen LogP contribution in [0.4, 0.5) is 10.5 Å². The Morgan fingerprint density at radius 2 is 1.96 bits per heavy atom. The van der Waals surface area contributed by atoms with E-state index in [2.05, 4.69) is 15.4 Å². The fraction of sp³-hybridized carbons (Fsp3) is 0.526. The second-order valence-electron chi connectivity index (χ2n) is 7.81. The summed E-state index contributed by atoms with van der Waals surface area (Å²) in [7, 11) is 0. The molecule has 0 spiro atoms. The number of carbonyl (C=O) groups excluding carboxylic acids is 1. The molecule has 2 aromatic heterocycles. The third-order valence-electron chi connectivity index (χ3n) is 4.10. The lowest BCUT2D eigenvalue weighted by molar-refractivity contribution is 0.0636. The van der Waals surface area contributed by atoms with Crippen LogP contribution in [0.25, 0.3) is 0 Å². The lowest BCUT2D eigenvalue weighted by atomic mass is 9.79. The van der Waals surface area contributed by atoms with Crippen molar-refractivity contribution in [1.29, 1.82) is 0 Å². The van der Waals surface area contributed by atoms with E-state index < -0.39 is 23.2 Å². The van der Waals surface area contributed by atoms with Gasteiger partial charge in [0.15, 0.2) is 0 Å². The van der Waals surface area contributed by atoms with Crippen LogP contribution in [0, 0.1) is 0 Å². The molecule has 0 radical (unpaired) electrons. The second kappa shape index (κ2) is 7.45. The molecule has 0 bridgehead atoms. The maximum atomic E-state index is 11.8. The molecule has 0 fully saturated rings. The largest absolute Gasteiger partial charge is 0.444 e. The Morgan fingerprint density at radius 3 is 2.46 bits per heavy atom. The van der Waals surface area contributed by atoms with E-state index >= 15 is 0 Å². The fourth-order valence-corrected chi connectivity index (χ4v) is 2.46. The van der Waals surface area contributed by atoms with E-state index in [1.807, 2.05) is 31.6 Å². The van der Waals surface area contributed by atoms with Crippen LogP contribution in [0.3, 0.4) is 0 Å². The lowest BCUT2D eigenvalue weighted by Crippen LogP contribution is -2.28. The summed E-state index contributed by atoms with van der Waals surface area (Å²) in [5, 5.41) is 17.7. The van der Waals surface area contributed by atoms with Gasteiger partial charge in [-0.3, -0.25) is 15.0 Å². The van der Waals surface area contributed by atoms with Gasteiger partial charge in [0.05, 0.1) is 23.8 Å². The van der Waals surface area contributed by atoms with Crippen LogP contribution < -0.4 is 5.32 Å². The van der Waals surface area contributed by atoms with Gasteiger partial charge in [0.1, 0.15) is 11.7 Å². The number of anilines is 1. The minimum Gasteiger partial charge on any atom is -0.444 e. The van der Waals surface area contributed by atoms with Crippen LogP contribution in [0.5, 0.6) is 0 Å². The summed E-state index contributed by atoms with van der Waals surface area (Å²) >= 11 is 0. The normalized spacial score (nSPS) is 13.3. The molecule has 1 unspecified atom stereocenters. The van der Waals surface area contributed by atoms with E-state index in [1.165, 1.54) is 6.20 Å². The number of ether oxygens (including phenoxy) is 1. The van der Waals surface area contributed by atoms with Gasteiger partial charge in [0.2, 0.25) is 0 Å². The summed E-state index contributed by atoms with van der Waals surface area (Å²) in [5.41, 5.74) is 0.839. The molecule has 1 atom stereocenters. The summed E-state index contributed by atoms with van der Waals surface area (Å²) in [4.78, 5) is 16.1. The predicted molar refractivity (Wildman–Crippen MR) is 100.0 cm³/mol. The quantitative estimate of drug-likeness (QED) is 0.849. The Labute approximate surface area is 154 Å². The first-order valence-corrected chi connectivity index (χ1v) is 8.70. The molecule has 26 heavy (non-hydrogen) atoms. The Balaban J connectivity index is 2.10. The van der Waals surface area contributed by atoms with Crippen molar-refractivity contribution in [3.05, 3.63) is 42.0 Å². The number of aliphatic hydroxyl groups is 1. The molecule has 0 aromatic carbocycles. The number of hydrogen-bond acceptors (Lipinski definition) is 5. The molecule has 0 aliphatic heterocycles. The Hall–Kier alpha value is -2.41. The molecular formula is C19H28N4O3. The zero-order valence-corrected chi connectivity index (χ0v) is 16.3. The maximum Gasteiger partial charge on any atom is 0.412 e. The number of aromatic nitrogens is 3. The van der Waals surface area contributed by atoms with Crippen molar-refractivity contribution in [2.45, 2.75) is 65.2 Å². The van der Waals surface area contributed by atoms with E-state index in [1.54, 1.807) is 39.1 Å². The molecule has 0 saturated carbocycles. The molecule has 0 saturated heterocycles. The Morgan fingerprint density at radius 1 is 1.27 bits per heavy atom. The van der Waals surface area contributed by atoms with E-state index in [-0.39, 0.29) is 0 Å². The van der Waals surface area contributed by atoms with Crippen molar-refractivity contribution in [3.8, 4) is 0 Å². The van der Waals surface area contributed by atoms with Gasteiger partial charge in [0, 0.05) is 18.2 Å². The first-order valence-electron chi connectivity index (χ1n) is 8.70. The van der Waals surface area contributed by atoms with Crippen molar-refractivity contribution in [2.75, 3.05) is 5.32 Å². The SMILES string of the molecule is CCn1cc(C(C)(C)C(O)c2ccc(NC(=O)OC(C)(C)C)cn2)cn1. The number of carbonyl (C=O) groups is 1. The highest BCUT2D eigenvalue weighted by Gasteiger charge is 2.33. The highest BCUT2D eigenvalue weighted by molar-refractivity contribution is 5.84. The number of aryl methyl sites for hydroxylation is 1. The number of hydrogen-bond donors (Lipinski definition) is 2. The number of amides is 1. The average molecular weight is 360 g/mol. The first kappa shape index (κ1) is 19.9. The number of nitrogens with zero attached hydrogens (tertiary/aromatic N) is 3. The molecule has 0 aliphatic rings. The molecule has 2 heterocycles. The minimum atomic E-state index is -0.812. The van der Waals surface area contributed by atoms with Crippen molar-refractivity contribution in [2.24, 2.45) is 0 Å². The van der Waals surface area contributed by atoms with Gasteiger partial charge in [0.25, 0.3) is 0 Å². The standard InChI is InChI=1S/C19H28N4O3/c1-7-23-12-13(10-21-23)19(5,6)16(24)15-9-8-14(11-20-15)22-17(25)26-18(2,3)4/h8-12,16,24H,7H2,1-6H3,(H,22,25). The van der Waals surface area contributed by atoms with E-state index in [0.717, 1.165) is 12.1 Å². The van der Waals surface area contributed by atoms with E-state index in [0.29, 0.717) is 11.4 Å². The maximum absolute atomic E-state index is 11.8. The lowest BCUT2D eigenvalue weighted by Gasteiger charge is -2.29. The highest BCUT2D eigenvalue weighted by atomic mass is 16.6. The van der Waals surface area contributed by atoms with Crippen LogP contribution in [0.2, 0.25) is 0 Å². The summed E-state index contributed by atoms with van der Waals surface area (Å²) in [6.07, 6.45) is 3.85. The van der Waals surface area contributed by atoms with Gasteiger partial charge >= 0.3 is 6.09 Å². The number of pyridine rings is 1. The first-order chi connectivity index (χ1) is 12.0. The monoisotopic (exact) mass is 360 g/mol. The Bertz CT molecular complexity index is 745. The minimum absolute atomic E-state index is 0.506. The van der Waals surface area contributed by atoms with Gasteiger partial charge in [-0.2, -0.15) is 5.10 Å². The van der Waals surface area contributed by atoms with Crippen molar-refractivity contribution in [1.82, 2.24) is 14.8 Å². The van der Waals surface area contributed by atoms with Gasteiger partial charge in [-0.15, -0.1) is 0 Å². The molecule has 2 rings (SSSR count). The number of aliphatic hydroxyl groups excluding tert-OH is 1. The van der Waals surface area contributed by atoms with E-state index in [4.69, 9.17) is 4.74 Å². The van der Waals surface area contributed by atoms with E-state index in [9.17, 15) is 9.90 Å². The number of nitrogens with one attached hydrogen (secondary N) is 1. The molecule has 2 aromatic rings. The topological polar surface area (TPSA) is 89.3 Å². The third-order valence-corrected chi connectivity index (χ3v) is 4.10. The summed E-state index contributed by atoms with van der Waals surface area (Å²) in [6.45, 7) is 12.1.